The maximum atomic E-state index is 12.7. The molecule has 0 bridgehead atoms. The summed E-state index contributed by atoms with van der Waals surface area (Å²) in [5.74, 6) is -0.479. The van der Waals surface area contributed by atoms with Gasteiger partial charge in [-0.3, -0.25) is 4.79 Å². The van der Waals surface area contributed by atoms with Crippen LogP contribution in [-0.4, -0.2) is 44.9 Å². The number of carbonyl (C=O) groups excluding carboxylic acids is 1. The van der Waals surface area contributed by atoms with Crippen LogP contribution in [0.1, 0.15) is 10.4 Å². The molecule has 0 radical (unpaired) electrons. The van der Waals surface area contributed by atoms with Crippen LogP contribution >= 0.6 is 23.2 Å². The molecule has 0 spiro atoms. The largest absolute Gasteiger partial charge is 0.379 e. The van der Waals surface area contributed by atoms with E-state index in [9.17, 15) is 13.2 Å². The van der Waals surface area contributed by atoms with Crippen LogP contribution in [0, 0.1) is 0 Å². The molecule has 0 aliphatic carbocycles. The third kappa shape index (κ3) is 4.19. The molecule has 1 heterocycles. The minimum absolute atomic E-state index is 0.0595. The molecule has 0 aromatic heterocycles. The van der Waals surface area contributed by atoms with Crippen LogP contribution in [0.3, 0.4) is 0 Å². The molecule has 0 unspecified atom stereocenters. The summed E-state index contributed by atoms with van der Waals surface area (Å²) in [7, 11) is -3.68. The summed E-state index contributed by atoms with van der Waals surface area (Å²) in [5, 5.41) is 3.40. The molecule has 26 heavy (non-hydrogen) atoms. The maximum Gasteiger partial charge on any atom is 0.255 e. The molecule has 1 N–H and O–H groups in total. The van der Waals surface area contributed by atoms with Crippen LogP contribution in [-0.2, 0) is 14.8 Å². The van der Waals surface area contributed by atoms with E-state index in [0.29, 0.717) is 28.9 Å². The van der Waals surface area contributed by atoms with E-state index < -0.39 is 15.9 Å². The number of morpholine rings is 1. The predicted molar refractivity (Wildman–Crippen MR) is 100 cm³/mol. The summed E-state index contributed by atoms with van der Waals surface area (Å²) in [4.78, 5) is 12.6. The monoisotopic (exact) mass is 414 g/mol. The van der Waals surface area contributed by atoms with Crippen molar-refractivity contribution in [3.05, 3.63) is 58.1 Å². The van der Waals surface area contributed by atoms with Crippen molar-refractivity contribution >= 4 is 44.8 Å². The second-order valence-corrected chi connectivity index (χ2v) is 8.40. The lowest BCUT2D eigenvalue weighted by Crippen LogP contribution is -2.40. The van der Waals surface area contributed by atoms with Crippen molar-refractivity contribution < 1.29 is 17.9 Å². The number of anilines is 1. The number of hydrogen-bond donors (Lipinski definition) is 1. The van der Waals surface area contributed by atoms with Gasteiger partial charge >= 0.3 is 0 Å². The first kappa shape index (κ1) is 19.1. The van der Waals surface area contributed by atoms with Crippen molar-refractivity contribution in [3.63, 3.8) is 0 Å². The number of halogens is 2. The fraction of sp³-hybridized carbons (Fsp3) is 0.235. The lowest BCUT2D eigenvalue weighted by atomic mass is 10.2. The van der Waals surface area contributed by atoms with Gasteiger partial charge in [0.15, 0.2) is 0 Å². The first-order chi connectivity index (χ1) is 12.4. The SMILES string of the molecule is O=C(Nc1cc(Cl)ccc1Cl)c1cccc(S(=O)(=O)N2CCOCC2)c1. The normalized spacial score (nSPS) is 15.6. The minimum atomic E-state index is -3.68. The highest BCUT2D eigenvalue weighted by atomic mass is 35.5. The number of carbonyl (C=O) groups is 1. The molecule has 1 fully saturated rings. The van der Waals surface area contributed by atoms with E-state index in [4.69, 9.17) is 27.9 Å². The molecule has 1 saturated heterocycles. The number of nitrogens with one attached hydrogen (secondary N) is 1. The van der Waals surface area contributed by atoms with E-state index in [1.54, 1.807) is 12.1 Å². The molecule has 1 amide bonds. The lowest BCUT2D eigenvalue weighted by Gasteiger charge is -2.26. The molecule has 6 nitrogen and oxygen atoms in total. The Balaban J connectivity index is 1.84. The van der Waals surface area contributed by atoms with Crippen molar-refractivity contribution in [3.8, 4) is 0 Å². The molecule has 2 aromatic carbocycles. The molecular weight excluding hydrogens is 399 g/mol. The van der Waals surface area contributed by atoms with Gasteiger partial charge in [-0.1, -0.05) is 29.3 Å². The molecule has 1 aliphatic rings. The molecule has 0 saturated carbocycles. The predicted octanol–water partition coefficient (Wildman–Crippen LogP) is 3.27. The Morgan fingerprint density at radius 1 is 1.08 bits per heavy atom. The standard InChI is InChI=1S/C17H16Cl2N2O4S/c18-13-4-5-15(19)16(11-13)20-17(22)12-2-1-3-14(10-12)26(23,24)21-6-8-25-9-7-21/h1-5,10-11H,6-9H2,(H,20,22). The zero-order valence-electron chi connectivity index (χ0n) is 13.6. The van der Waals surface area contributed by atoms with Crippen LogP contribution in [0.4, 0.5) is 5.69 Å². The van der Waals surface area contributed by atoms with Gasteiger partial charge in [0, 0.05) is 23.7 Å². The maximum absolute atomic E-state index is 12.7. The van der Waals surface area contributed by atoms with Crippen molar-refractivity contribution in [2.75, 3.05) is 31.6 Å². The van der Waals surface area contributed by atoms with Crippen molar-refractivity contribution in [2.24, 2.45) is 0 Å². The molecule has 0 atom stereocenters. The van der Waals surface area contributed by atoms with Gasteiger partial charge in [0.2, 0.25) is 10.0 Å². The molecular formula is C17H16Cl2N2O4S. The zero-order chi connectivity index (χ0) is 18.7. The topological polar surface area (TPSA) is 75.7 Å². The third-order valence-corrected chi connectivity index (χ3v) is 6.34. The van der Waals surface area contributed by atoms with Gasteiger partial charge < -0.3 is 10.1 Å². The number of rotatable bonds is 4. The summed E-state index contributed by atoms with van der Waals surface area (Å²) >= 11 is 12.0. The highest BCUT2D eigenvalue weighted by Gasteiger charge is 2.26. The van der Waals surface area contributed by atoms with E-state index in [1.807, 2.05) is 0 Å². The van der Waals surface area contributed by atoms with Crippen LogP contribution in [0.5, 0.6) is 0 Å². The zero-order valence-corrected chi connectivity index (χ0v) is 15.9. The van der Waals surface area contributed by atoms with Crippen molar-refractivity contribution in [1.29, 1.82) is 0 Å². The Bertz CT molecular complexity index is 928. The fourth-order valence-electron chi connectivity index (χ4n) is 2.52. The van der Waals surface area contributed by atoms with Gasteiger partial charge in [0.1, 0.15) is 0 Å². The lowest BCUT2D eigenvalue weighted by molar-refractivity contribution is 0.0730. The van der Waals surface area contributed by atoms with E-state index in [0.717, 1.165) is 0 Å². The van der Waals surface area contributed by atoms with Crippen LogP contribution in [0.15, 0.2) is 47.4 Å². The molecule has 9 heteroatoms. The van der Waals surface area contributed by atoms with Crippen LogP contribution < -0.4 is 5.32 Å². The van der Waals surface area contributed by atoms with Crippen molar-refractivity contribution in [1.82, 2.24) is 4.31 Å². The number of hydrogen-bond acceptors (Lipinski definition) is 4. The Morgan fingerprint density at radius 2 is 1.81 bits per heavy atom. The number of ether oxygens (including phenoxy) is 1. The summed E-state index contributed by atoms with van der Waals surface area (Å²) < 4.78 is 32.0. The summed E-state index contributed by atoms with van der Waals surface area (Å²) in [6.07, 6.45) is 0. The molecule has 3 rings (SSSR count). The van der Waals surface area contributed by atoms with Gasteiger partial charge in [-0.25, -0.2) is 8.42 Å². The quantitative estimate of drug-likeness (QED) is 0.832. The second kappa shape index (κ2) is 7.94. The van der Waals surface area contributed by atoms with Gasteiger partial charge in [-0.2, -0.15) is 4.31 Å². The minimum Gasteiger partial charge on any atom is -0.379 e. The van der Waals surface area contributed by atoms with E-state index in [-0.39, 0.29) is 23.5 Å². The third-order valence-electron chi connectivity index (χ3n) is 3.88. The van der Waals surface area contributed by atoms with Crippen molar-refractivity contribution in [2.45, 2.75) is 4.90 Å². The average molecular weight is 415 g/mol. The second-order valence-electron chi connectivity index (χ2n) is 5.62. The Kier molecular flexibility index (Phi) is 5.84. The average Bonchev–Trinajstić information content (AvgIpc) is 2.65. The number of amides is 1. The first-order valence-corrected chi connectivity index (χ1v) is 10.0. The molecule has 138 valence electrons. The summed E-state index contributed by atoms with van der Waals surface area (Å²) in [6, 6.07) is 10.6. The highest BCUT2D eigenvalue weighted by Crippen LogP contribution is 2.26. The Labute approximate surface area is 161 Å². The van der Waals surface area contributed by atoms with Gasteiger partial charge in [0.05, 0.1) is 28.8 Å². The number of benzene rings is 2. The van der Waals surface area contributed by atoms with E-state index in [2.05, 4.69) is 5.32 Å². The van der Waals surface area contributed by atoms with Crippen LogP contribution in [0.2, 0.25) is 10.0 Å². The first-order valence-electron chi connectivity index (χ1n) is 7.82. The van der Waals surface area contributed by atoms with Gasteiger partial charge in [-0.05, 0) is 36.4 Å². The van der Waals surface area contributed by atoms with Gasteiger partial charge in [-0.15, -0.1) is 0 Å². The summed E-state index contributed by atoms with van der Waals surface area (Å²) in [6.45, 7) is 1.28. The smallest absolute Gasteiger partial charge is 0.255 e. The molecule has 2 aromatic rings. The number of nitrogens with zero attached hydrogens (tertiary/aromatic N) is 1. The number of sulfonamides is 1. The molecule has 1 aliphatic heterocycles. The Morgan fingerprint density at radius 3 is 2.54 bits per heavy atom. The fourth-order valence-corrected chi connectivity index (χ4v) is 4.31. The van der Waals surface area contributed by atoms with E-state index >= 15 is 0 Å². The van der Waals surface area contributed by atoms with Crippen LogP contribution in [0.25, 0.3) is 0 Å². The summed E-state index contributed by atoms with van der Waals surface area (Å²) in [5.41, 5.74) is 0.556. The highest BCUT2D eigenvalue weighted by molar-refractivity contribution is 7.89. The van der Waals surface area contributed by atoms with E-state index in [1.165, 1.54) is 34.6 Å². The Hall–Kier alpha value is -1.64. The van der Waals surface area contributed by atoms with Gasteiger partial charge in [0.25, 0.3) is 5.91 Å².